The van der Waals surface area contributed by atoms with Gasteiger partial charge in [0.2, 0.25) is 23.6 Å². The maximum absolute atomic E-state index is 15.0. The van der Waals surface area contributed by atoms with Crippen LogP contribution in [0.4, 0.5) is 26.0 Å². The van der Waals surface area contributed by atoms with Gasteiger partial charge in [-0.15, -0.1) is 5.10 Å². The van der Waals surface area contributed by atoms with Gasteiger partial charge in [0, 0.05) is 142 Å². The van der Waals surface area contributed by atoms with E-state index in [1.807, 2.05) is 91.0 Å². The molecule has 27 heteroatoms. The Kier molecular flexibility index (Phi) is 23.3. The number of aryl methyl sites for hydroxylation is 1. The van der Waals surface area contributed by atoms with Gasteiger partial charge in [0.05, 0.1) is 44.4 Å². The van der Waals surface area contributed by atoms with Gasteiger partial charge >= 0.3 is 0 Å². The molecular weight excluding hydrogens is 1310 g/mol. The first-order valence-electron chi connectivity index (χ1n) is 34.6. The lowest BCUT2D eigenvalue weighted by Crippen LogP contribution is -2.50. The molecule has 2 unspecified atom stereocenters. The third-order valence-electron chi connectivity index (χ3n) is 19.0. The summed E-state index contributed by atoms with van der Waals surface area (Å²) >= 11 is 0. The van der Waals surface area contributed by atoms with Gasteiger partial charge in [-0.2, -0.15) is 0 Å². The SMILES string of the molecule is COCC(=O)N1CC[C@H](Oc2ccc(-c3cccc(NC(=O)C4CC4C)c3)cc2CN)[C@H](F)C1.Cn1cc(C(=O)N2CC[C@H](Oc3ccc(-c4cc(NC(=O)C5CC5)ccn4)cc3CN)[C@H](F)C2)nn1.NCc1cc(-c2ccnc(NC(=O)[C@@H]3C[C@H]3c3cnco3)c2)ccc1OC1CCOCC1. The van der Waals surface area contributed by atoms with Crippen molar-refractivity contribution in [3.63, 3.8) is 0 Å². The average Bonchev–Trinajstić information content (AvgIpc) is 1.61. The molecule has 8 atom stereocenters. The molecule has 0 radical (unpaired) electrons. The van der Waals surface area contributed by atoms with Crippen molar-refractivity contribution < 1.29 is 60.9 Å². The van der Waals surface area contributed by atoms with Crippen molar-refractivity contribution in [2.45, 2.75) is 114 Å². The van der Waals surface area contributed by atoms with Gasteiger partial charge in [-0.05, 0) is 133 Å². The van der Waals surface area contributed by atoms with Crippen molar-refractivity contribution in [3.8, 4) is 50.8 Å². The van der Waals surface area contributed by atoms with Gasteiger partial charge in [-0.1, -0.05) is 36.4 Å². The van der Waals surface area contributed by atoms with Gasteiger partial charge in [0.25, 0.3) is 5.91 Å². The second-order valence-electron chi connectivity index (χ2n) is 26.6. The number of pyridine rings is 2. The summed E-state index contributed by atoms with van der Waals surface area (Å²) in [4.78, 5) is 77.1. The second kappa shape index (κ2) is 33.2. The van der Waals surface area contributed by atoms with Crippen LogP contribution < -0.4 is 47.4 Å². The minimum Gasteiger partial charge on any atom is -0.490 e. The number of carbonyl (C=O) groups is 5. The number of amides is 5. The fourth-order valence-electron chi connectivity index (χ4n) is 12.7. The maximum Gasteiger partial charge on any atom is 0.276 e. The molecule has 3 aliphatic carbocycles. The number of nitrogens with one attached hydrogen (secondary N) is 3. The average molecular weight is 1400 g/mol. The molecule has 7 heterocycles. The number of anilines is 3. The van der Waals surface area contributed by atoms with Crippen molar-refractivity contribution in [2.24, 2.45) is 47.9 Å². The number of carbonyl (C=O) groups excluding carboxylic acids is 5. The Hall–Kier alpha value is -10.1. The molecule has 0 bridgehead atoms. The lowest BCUT2D eigenvalue weighted by atomic mass is 10.0. The minimum absolute atomic E-state index is 0.0128. The lowest BCUT2D eigenvalue weighted by Gasteiger charge is -2.35. The Labute approximate surface area is 589 Å². The van der Waals surface area contributed by atoms with Crippen LogP contribution in [0.15, 0.2) is 139 Å². The largest absolute Gasteiger partial charge is 0.490 e. The number of alkyl halides is 2. The van der Waals surface area contributed by atoms with E-state index in [0.717, 1.165) is 108 Å². The first kappa shape index (κ1) is 71.8. The van der Waals surface area contributed by atoms with Gasteiger partial charge in [-0.25, -0.2) is 18.7 Å². The van der Waals surface area contributed by atoms with E-state index in [4.69, 9.17) is 45.3 Å². The predicted octanol–water partition coefficient (Wildman–Crippen LogP) is 9.18. The fourth-order valence-corrected chi connectivity index (χ4v) is 12.7. The Morgan fingerprint density at radius 2 is 1.22 bits per heavy atom. The van der Waals surface area contributed by atoms with Crippen LogP contribution in [0.2, 0.25) is 0 Å². The van der Waals surface area contributed by atoms with Crippen LogP contribution in [0.3, 0.4) is 0 Å². The van der Waals surface area contributed by atoms with Crippen molar-refractivity contribution >= 4 is 46.7 Å². The summed E-state index contributed by atoms with van der Waals surface area (Å²) in [5.74, 6) is 3.25. The molecule has 4 aromatic carbocycles. The normalized spacial score (nSPS) is 21.4. The summed E-state index contributed by atoms with van der Waals surface area (Å²) < 4.78 is 65.0. The zero-order valence-electron chi connectivity index (χ0n) is 57.3. The third-order valence-corrected chi connectivity index (χ3v) is 19.0. The van der Waals surface area contributed by atoms with Gasteiger partial charge in [-0.3, -0.25) is 33.6 Å². The highest BCUT2D eigenvalue weighted by molar-refractivity contribution is 5.96. The minimum atomic E-state index is -1.36. The number of hydrogen-bond donors (Lipinski definition) is 6. The van der Waals surface area contributed by atoms with Crippen LogP contribution in [-0.4, -0.2) is 153 Å². The molecule has 3 aliphatic heterocycles. The number of aromatic nitrogens is 6. The summed E-state index contributed by atoms with van der Waals surface area (Å²) in [7, 11) is 3.11. The number of halogens is 2. The molecule has 5 amide bonds. The van der Waals surface area contributed by atoms with E-state index in [2.05, 4.69) is 48.1 Å². The van der Waals surface area contributed by atoms with Gasteiger partial charge in [0.15, 0.2) is 24.4 Å². The number of rotatable bonds is 22. The van der Waals surface area contributed by atoms with Crippen molar-refractivity contribution in [3.05, 3.63) is 162 Å². The zero-order valence-corrected chi connectivity index (χ0v) is 57.3. The molecule has 3 saturated carbocycles. The molecule has 102 heavy (non-hydrogen) atoms. The monoisotopic (exact) mass is 1400 g/mol. The lowest BCUT2D eigenvalue weighted by molar-refractivity contribution is -0.139. The number of nitrogens with two attached hydrogens (primary N) is 3. The molecule has 6 fully saturated rings. The molecule has 9 N–H and O–H groups in total. The summed E-state index contributed by atoms with van der Waals surface area (Å²) in [6.07, 6.45) is 10.1. The highest BCUT2D eigenvalue weighted by atomic mass is 19.1. The zero-order chi connectivity index (χ0) is 71.4. The molecule has 3 saturated heterocycles. The van der Waals surface area contributed by atoms with E-state index >= 15 is 4.39 Å². The smallest absolute Gasteiger partial charge is 0.276 e. The summed E-state index contributed by atoms with van der Waals surface area (Å²) in [5, 5.41) is 16.4. The number of methoxy groups -OCH3 is 1. The van der Waals surface area contributed by atoms with Crippen molar-refractivity contribution in [2.75, 3.05) is 69.1 Å². The molecule has 4 aromatic heterocycles. The predicted molar refractivity (Wildman–Crippen MR) is 376 cm³/mol. The molecule has 14 rings (SSSR count). The van der Waals surface area contributed by atoms with Gasteiger partial charge in [0.1, 0.15) is 53.7 Å². The van der Waals surface area contributed by atoms with Crippen LogP contribution >= 0.6 is 0 Å². The van der Waals surface area contributed by atoms with Crippen LogP contribution in [0.25, 0.3) is 33.5 Å². The van der Waals surface area contributed by atoms with E-state index in [0.29, 0.717) is 72.7 Å². The topological polar surface area (TPSA) is 335 Å². The van der Waals surface area contributed by atoms with E-state index in [1.54, 1.807) is 37.8 Å². The van der Waals surface area contributed by atoms with Crippen LogP contribution in [0.1, 0.15) is 97.1 Å². The summed E-state index contributed by atoms with van der Waals surface area (Å²) in [6.45, 7) is 4.96. The molecule has 0 spiro atoms. The van der Waals surface area contributed by atoms with Crippen LogP contribution in [0, 0.1) is 23.7 Å². The number of nitrogens with zero attached hydrogens (tertiary/aromatic N) is 8. The highest BCUT2D eigenvalue weighted by Gasteiger charge is 2.46. The maximum atomic E-state index is 15.0. The number of benzene rings is 4. The third kappa shape index (κ3) is 18.3. The van der Waals surface area contributed by atoms with E-state index in [1.165, 1.54) is 34.2 Å². The quantitative estimate of drug-likeness (QED) is 0.0368. The van der Waals surface area contributed by atoms with Gasteiger partial charge < -0.3 is 71.1 Å². The number of piperidine rings is 2. The summed E-state index contributed by atoms with van der Waals surface area (Å²) in [5.41, 5.74) is 27.3. The first-order valence-corrected chi connectivity index (χ1v) is 34.6. The highest BCUT2D eigenvalue weighted by Crippen LogP contribution is 2.48. The Balaban J connectivity index is 0.000000145. The first-order chi connectivity index (χ1) is 49.5. The molecular formula is C75H86F2N14O11. The summed E-state index contributed by atoms with van der Waals surface area (Å²) in [6, 6.07) is 32.2. The molecule has 6 aliphatic rings. The number of hydrogen-bond acceptors (Lipinski definition) is 19. The van der Waals surface area contributed by atoms with E-state index < -0.39 is 24.6 Å². The number of likely N-dealkylation sites (tertiary alicyclic amines) is 2. The van der Waals surface area contributed by atoms with Crippen molar-refractivity contribution in [1.82, 2.24) is 39.7 Å². The molecule has 8 aromatic rings. The Morgan fingerprint density at radius 3 is 1.82 bits per heavy atom. The van der Waals surface area contributed by atoms with E-state index in [-0.39, 0.29) is 97.8 Å². The van der Waals surface area contributed by atoms with E-state index in [9.17, 15) is 28.4 Å². The second-order valence-corrected chi connectivity index (χ2v) is 26.6. The molecule has 536 valence electrons. The Bertz CT molecular complexity index is 4250. The number of oxazole rings is 1. The number of ether oxygens (including phenoxy) is 5. The van der Waals surface area contributed by atoms with Crippen LogP contribution in [-0.2, 0) is 55.3 Å². The standard InChI is InChI=1S/C26H32FN3O4.C25H28FN7O3.C24H26N4O4/c1-16-10-21(16)26(32)29-20-5-3-4-17(12-20)18-6-7-23(19(11-18)13-28)34-24-8-9-30(14-22(24)27)25(31)15-33-2;1-32-14-21(30-31-32)25(35)33-9-7-23(19(26)13-33)36-22-5-4-16(10-17(22)12-27)20-11-18(6-8-28-20)29-24(34)15-2-3-15;25-12-17-9-15(1-2-21(17)32-18-4-7-30-8-5-18)16-3-6-27-23(10-16)28-24(29)20-11-19(20)22-13-26-14-31-22/h3-7,11-12,16,21-22,24H,8-10,13-15,28H2,1-2H3,(H,29,32);4-6,8,10-11,14-15,19,23H,2-3,7,9,12-13,27H2,1H3,(H,28,29,34);1-3,6,9-10,13-14,18-20H,4-5,7-8,11-12,25H2,(H,27,28,29)/t16?,21?,22-,24+;19-,23+;19-,20-/m111/s1. The van der Waals surface area contributed by atoms with Crippen molar-refractivity contribution in [1.29, 1.82) is 0 Å². The van der Waals surface area contributed by atoms with Crippen LogP contribution in [0.5, 0.6) is 17.2 Å². The molecule has 25 nitrogen and oxygen atoms in total. The Morgan fingerprint density at radius 1 is 0.627 bits per heavy atom. The fraction of sp³-hybridized carbons (Fsp3) is 0.413.